The number of carbonyl (C=O) groups is 1. The topological polar surface area (TPSA) is 103 Å². The highest BCUT2D eigenvalue weighted by Gasteiger charge is 2.24. The molecule has 12 heteroatoms. The fourth-order valence-corrected chi connectivity index (χ4v) is 4.76. The van der Waals surface area contributed by atoms with Gasteiger partial charge in [0.05, 0.1) is 27.6 Å². The Morgan fingerprint density at radius 3 is 2.64 bits per heavy atom. The predicted octanol–water partition coefficient (Wildman–Crippen LogP) is 7.03. The van der Waals surface area contributed by atoms with Crippen LogP contribution >= 0.6 is 46.6 Å². The smallest absolute Gasteiger partial charge is 0.271 e. The molecule has 36 heavy (non-hydrogen) atoms. The minimum absolute atomic E-state index is 0.0932. The highest BCUT2D eigenvalue weighted by atomic mass is 35.5. The molecule has 1 fully saturated rings. The van der Waals surface area contributed by atoms with Crippen molar-refractivity contribution in [3.63, 3.8) is 0 Å². The Kier molecular flexibility index (Phi) is 8.05. The molecule has 3 aromatic carbocycles. The van der Waals surface area contributed by atoms with Crippen LogP contribution in [-0.2, 0) is 11.4 Å². The predicted molar refractivity (Wildman–Crippen MR) is 143 cm³/mol. The Morgan fingerprint density at radius 1 is 1.11 bits per heavy atom. The largest absolute Gasteiger partial charge is 0.493 e. The molecule has 0 aliphatic carbocycles. The van der Waals surface area contributed by atoms with E-state index in [0.717, 1.165) is 17.3 Å². The van der Waals surface area contributed by atoms with Crippen molar-refractivity contribution in [1.29, 1.82) is 0 Å². The van der Waals surface area contributed by atoms with Gasteiger partial charge >= 0.3 is 0 Å². The maximum Gasteiger partial charge on any atom is 0.271 e. The molecule has 0 unspecified atom stereocenters. The molecule has 1 N–H and O–H groups in total. The maximum atomic E-state index is 12.5. The van der Waals surface area contributed by atoms with Crippen LogP contribution < -0.4 is 14.8 Å². The van der Waals surface area contributed by atoms with E-state index in [0.29, 0.717) is 42.9 Å². The van der Waals surface area contributed by atoms with Crippen molar-refractivity contribution in [1.82, 2.24) is 5.32 Å². The first kappa shape index (κ1) is 25.8. The first-order chi connectivity index (χ1) is 17.2. The lowest BCUT2D eigenvalue weighted by molar-refractivity contribution is -0.384. The van der Waals surface area contributed by atoms with Gasteiger partial charge in [-0.3, -0.25) is 14.9 Å². The Hall–Kier alpha value is -3.24. The molecular weight excluding hydrogens is 549 g/mol. The Balaban J connectivity index is 1.54. The molecule has 0 saturated carbocycles. The number of benzene rings is 3. The van der Waals surface area contributed by atoms with Crippen LogP contribution in [0.25, 0.3) is 6.08 Å². The summed E-state index contributed by atoms with van der Waals surface area (Å²) in [6.07, 6.45) is 1.63. The molecule has 0 radical (unpaired) electrons. The van der Waals surface area contributed by atoms with E-state index in [1.54, 1.807) is 42.5 Å². The molecule has 1 aliphatic rings. The van der Waals surface area contributed by atoms with Crippen LogP contribution in [0.15, 0.2) is 64.5 Å². The molecule has 3 aromatic rings. The number of nitro benzene ring substituents is 1. The first-order valence-electron chi connectivity index (χ1n) is 10.2. The van der Waals surface area contributed by atoms with Gasteiger partial charge in [-0.25, -0.2) is 4.99 Å². The van der Waals surface area contributed by atoms with Gasteiger partial charge in [-0.2, -0.15) is 0 Å². The summed E-state index contributed by atoms with van der Waals surface area (Å²) in [5.74, 6) is 0.328. The summed E-state index contributed by atoms with van der Waals surface area (Å²) in [4.78, 5) is 27.6. The van der Waals surface area contributed by atoms with Gasteiger partial charge in [-0.15, -0.1) is 0 Å². The van der Waals surface area contributed by atoms with Crippen LogP contribution in [0.2, 0.25) is 15.1 Å². The van der Waals surface area contributed by atoms with Crippen molar-refractivity contribution >= 4 is 75.1 Å². The molecular formula is C24H16Cl3N3O5S. The number of hydrogen-bond donors (Lipinski definition) is 1. The Morgan fingerprint density at radius 2 is 1.92 bits per heavy atom. The number of carbonyl (C=O) groups excluding carboxylic acids is 1. The van der Waals surface area contributed by atoms with Crippen molar-refractivity contribution in [3.05, 3.63) is 95.8 Å². The molecule has 0 atom stereocenters. The fraction of sp³-hybridized carbons (Fsp3) is 0.0833. The number of nitrogens with one attached hydrogen (secondary N) is 1. The number of nitro groups is 1. The van der Waals surface area contributed by atoms with E-state index in [4.69, 9.17) is 44.3 Å². The summed E-state index contributed by atoms with van der Waals surface area (Å²) in [7, 11) is 1.48. The first-order valence-corrected chi connectivity index (χ1v) is 12.2. The van der Waals surface area contributed by atoms with Crippen LogP contribution in [-0.4, -0.2) is 23.1 Å². The zero-order chi connectivity index (χ0) is 25.8. The molecule has 8 nitrogen and oxygen atoms in total. The molecule has 4 rings (SSSR count). The number of ether oxygens (including phenoxy) is 2. The highest BCUT2D eigenvalue weighted by Crippen LogP contribution is 2.39. The number of rotatable bonds is 7. The summed E-state index contributed by atoms with van der Waals surface area (Å²) >= 11 is 19.7. The highest BCUT2D eigenvalue weighted by molar-refractivity contribution is 8.18. The van der Waals surface area contributed by atoms with Crippen LogP contribution in [0.4, 0.5) is 11.4 Å². The zero-order valence-corrected chi connectivity index (χ0v) is 21.5. The molecule has 0 aromatic heterocycles. The number of hydrogen-bond acceptors (Lipinski definition) is 7. The Labute approximate surface area is 225 Å². The standard InChI is InChI=1S/C24H16Cl3N3O5S/c1-34-20-8-13(7-19(27)22(20)35-12-14-5-6-15(25)10-18(14)26)9-21-23(31)29-24(36-21)28-16-3-2-4-17(11-16)30(32)33/h2-11H,12H2,1H3,(H,28,29,31)/b21-9-. The number of thioether (sulfide) groups is 1. The van der Waals surface area contributed by atoms with Gasteiger partial charge in [0.25, 0.3) is 11.6 Å². The van der Waals surface area contributed by atoms with E-state index in [1.165, 1.54) is 25.3 Å². The van der Waals surface area contributed by atoms with Crippen molar-refractivity contribution < 1.29 is 19.2 Å². The molecule has 1 heterocycles. The molecule has 1 amide bonds. The summed E-state index contributed by atoms with van der Waals surface area (Å²) in [5.41, 5.74) is 1.58. The second-order valence-corrected chi connectivity index (χ2v) is 9.60. The summed E-state index contributed by atoms with van der Waals surface area (Å²) < 4.78 is 11.3. The van der Waals surface area contributed by atoms with E-state index < -0.39 is 4.92 Å². The normalized spacial score (nSPS) is 15.3. The van der Waals surface area contributed by atoms with Crippen LogP contribution in [0.1, 0.15) is 11.1 Å². The lowest BCUT2D eigenvalue weighted by Crippen LogP contribution is -2.19. The molecule has 0 bridgehead atoms. The molecule has 1 aliphatic heterocycles. The van der Waals surface area contributed by atoms with Crippen LogP contribution in [0.3, 0.4) is 0 Å². The van der Waals surface area contributed by atoms with Crippen molar-refractivity contribution in [2.24, 2.45) is 4.99 Å². The van der Waals surface area contributed by atoms with E-state index in [2.05, 4.69) is 10.3 Å². The third-order valence-electron chi connectivity index (χ3n) is 4.86. The lowest BCUT2D eigenvalue weighted by Gasteiger charge is -2.14. The minimum Gasteiger partial charge on any atom is -0.493 e. The quantitative estimate of drug-likeness (QED) is 0.188. The molecule has 1 saturated heterocycles. The monoisotopic (exact) mass is 563 g/mol. The number of amidine groups is 1. The number of amides is 1. The van der Waals surface area contributed by atoms with Crippen LogP contribution in [0.5, 0.6) is 11.5 Å². The number of non-ortho nitro benzene ring substituents is 1. The van der Waals surface area contributed by atoms with Gasteiger partial charge in [0, 0.05) is 27.7 Å². The SMILES string of the molecule is COc1cc(/C=C2\SC(=Nc3cccc([N+](=O)[O-])c3)NC2=O)cc(Cl)c1OCc1ccc(Cl)cc1Cl. The minimum atomic E-state index is -0.510. The van der Waals surface area contributed by atoms with Gasteiger partial charge in [0.15, 0.2) is 16.7 Å². The van der Waals surface area contributed by atoms with Crippen molar-refractivity contribution in [3.8, 4) is 11.5 Å². The number of aliphatic imine (C=N–C) groups is 1. The lowest BCUT2D eigenvalue weighted by atomic mass is 10.1. The zero-order valence-electron chi connectivity index (χ0n) is 18.5. The van der Waals surface area contributed by atoms with E-state index in [1.807, 2.05) is 0 Å². The summed E-state index contributed by atoms with van der Waals surface area (Å²) in [5, 5.41) is 15.2. The summed E-state index contributed by atoms with van der Waals surface area (Å²) in [6, 6.07) is 14.2. The van der Waals surface area contributed by atoms with Gasteiger partial charge in [0.2, 0.25) is 0 Å². The van der Waals surface area contributed by atoms with Crippen molar-refractivity contribution in [2.45, 2.75) is 6.61 Å². The average Bonchev–Trinajstić information content (AvgIpc) is 3.17. The third kappa shape index (κ3) is 6.11. The van der Waals surface area contributed by atoms with E-state index in [-0.39, 0.29) is 23.2 Å². The number of methoxy groups -OCH3 is 1. The Bertz CT molecular complexity index is 1430. The second kappa shape index (κ2) is 11.2. The second-order valence-electron chi connectivity index (χ2n) is 7.32. The average molecular weight is 565 g/mol. The van der Waals surface area contributed by atoms with Gasteiger partial charge in [0.1, 0.15) is 6.61 Å². The maximum absolute atomic E-state index is 12.5. The van der Waals surface area contributed by atoms with Gasteiger partial charge in [-0.05, 0) is 53.7 Å². The van der Waals surface area contributed by atoms with Gasteiger partial charge in [-0.1, -0.05) is 46.9 Å². The van der Waals surface area contributed by atoms with Gasteiger partial charge < -0.3 is 14.8 Å². The van der Waals surface area contributed by atoms with Crippen LogP contribution in [0, 0.1) is 10.1 Å². The van der Waals surface area contributed by atoms with E-state index in [9.17, 15) is 14.9 Å². The van der Waals surface area contributed by atoms with E-state index >= 15 is 0 Å². The summed E-state index contributed by atoms with van der Waals surface area (Å²) in [6.45, 7) is 0.141. The fourth-order valence-electron chi connectivity index (χ4n) is 3.18. The molecule has 0 spiro atoms. The number of nitrogens with zero attached hydrogens (tertiary/aromatic N) is 2. The molecule has 184 valence electrons. The third-order valence-corrected chi connectivity index (χ3v) is 6.64. The van der Waals surface area contributed by atoms with Crippen molar-refractivity contribution in [2.75, 3.05) is 7.11 Å². The number of halogens is 3.